The normalized spacial score (nSPS) is 11.2. The van der Waals surface area contributed by atoms with Gasteiger partial charge in [0, 0.05) is 17.3 Å². The van der Waals surface area contributed by atoms with Gasteiger partial charge in [-0.3, -0.25) is 9.52 Å². The van der Waals surface area contributed by atoms with Crippen LogP contribution in [0.15, 0.2) is 77.7 Å². The van der Waals surface area contributed by atoms with Crippen LogP contribution in [0.25, 0.3) is 0 Å². The zero-order valence-corrected chi connectivity index (χ0v) is 18.0. The molecular formula is C22H21ClN2O4S. The first kappa shape index (κ1) is 21.7. The Labute approximate surface area is 180 Å². The molecule has 0 aliphatic carbocycles. The van der Waals surface area contributed by atoms with Crippen molar-refractivity contribution < 1.29 is 17.9 Å². The van der Waals surface area contributed by atoms with E-state index in [4.69, 9.17) is 16.3 Å². The molecule has 0 aromatic heterocycles. The number of hydrogen-bond acceptors (Lipinski definition) is 4. The summed E-state index contributed by atoms with van der Waals surface area (Å²) in [4.78, 5) is 12.7. The average Bonchev–Trinajstić information content (AvgIpc) is 2.70. The van der Waals surface area contributed by atoms with Gasteiger partial charge in [-0.05, 0) is 56.3 Å². The van der Waals surface area contributed by atoms with Crippen LogP contribution in [-0.4, -0.2) is 20.4 Å². The van der Waals surface area contributed by atoms with Crippen LogP contribution in [0.4, 0.5) is 11.4 Å². The van der Waals surface area contributed by atoms with Crippen molar-refractivity contribution in [3.05, 3.63) is 83.4 Å². The Morgan fingerprint density at radius 1 is 0.967 bits per heavy atom. The highest BCUT2D eigenvalue weighted by atomic mass is 35.5. The van der Waals surface area contributed by atoms with Crippen LogP contribution >= 0.6 is 11.6 Å². The highest BCUT2D eigenvalue weighted by Gasteiger charge is 2.16. The molecule has 3 aromatic carbocycles. The fourth-order valence-electron chi connectivity index (χ4n) is 2.67. The number of nitrogens with one attached hydrogen (secondary N) is 2. The third kappa shape index (κ3) is 5.52. The van der Waals surface area contributed by atoms with Crippen LogP contribution in [-0.2, 0) is 10.0 Å². The van der Waals surface area contributed by atoms with E-state index in [1.54, 1.807) is 42.5 Å². The van der Waals surface area contributed by atoms with Crippen molar-refractivity contribution in [2.24, 2.45) is 0 Å². The summed E-state index contributed by atoms with van der Waals surface area (Å²) in [7, 11) is -3.78. The Morgan fingerprint density at radius 2 is 1.70 bits per heavy atom. The lowest BCUT2D eigenvalue weighted by molar-refractivity contribution is 0.102. The van der Waals surface area contributed by atoms with Crippen molar-refractivity contribution >= 4 is 38.9 Å². The highest BCUT2D eigenvalue weighted by molar-refractivity contribution is 7.92. The summed E-state index contributed by atoms with van der Waals surface area (Å²) in [5.41, 5.74) is 1.05. The van der Waals surface area contributed by atoms with Crippen molar-refractivity contribution in [3.63, 3.8) is 0 Å². The molecule has 0 fully saturated rings. The standard InChI is InChI=1S/C22H21ClN2O4S/c1-15(2)29-18-8-6-7-17(14-18)24-22(26)16-11-12-21(20(23)13-16)25-30(27,28)19-9-4-3-5-10-19/h3-15,25H,1-2H3,(H,24,26). The van der Waals surface area contributed by atoms with Crippen LogP contribution in [0.1, 0.15) is 24.2 Å². The van der Waals surface area contributed by atoms with Crippen LogP contribution in [0.5, 0.6) is 5.75 Å². The summed E-state index contributed by atoms with van der Waals surface area (Å²) >= 11 is 6.23. The van der Waals surface area contributed by atoms with Gasteiger partial charge in [0.05, 0.1) is 21.7 Å². The molecule has 0 heterocycles. The predicted octanol–water partition coefficient (Wildman–Crippen LogP) is 5.18. The minimum absolute atomic E-state index is 0.0157. The Bertz CT molecular complexity index is 1150. The van der Waals surface area contributed by atoms with E-state index in [9.17, 15) is 13.2 Å². The summed E-state index contributed by atoms with van der Waals surface area (Å²) in [5, 5.41) is 2.89. The van der Waals surface area contributed by atoms with Gasteiger partial charge >= 0.3 is 0 Å². The molecule has 0 saturated carbocycles. The van der Waals surface area contributed by atoms with Gasteiger partial charge in [0.15, 0.2) is 0 Å². The number of carbonyl (C=O) groups excluding carboxylic acids is 1. The van der Waals surface area contributed by atoms with E-state index in [1.165, 1.54) is 30.3 Å². The smallest absolute Gasteiger partial charge is 0.261 e. The maximum atomic E-state index is 12.6. The van der Waals surface area contributed by atoms with E-state index in [0.29, 0.717) is 11.4 Å². The molecule has 0 atom stereocenters. The van der Waals surface area contributed by atoms with E-state index in [2.05, 4.69) is 10.0 Å². The molecule has 156 valence electrons. The molecule has 0 bridgehead atoms. The third-order valence-electron chi connectivity index (χ3n) is 3.99. The maximum absolute atomic E-state index is 12.6. The molecule has 6 nitrogen and oxygen atoms in total. The first-order valence-corrected chi connectivity index (χ1v) is 11.1. The number of carbonyl (C=O) groups is 1. The Kier molecular flexibility index (Phi) is 6.64. The number of amides is 1. The number of rotatable bonds is 7. The average molecular weight is 445 g/mol. The fraction of sp³-hybridized carbons (Fsp3) is 0.136. The number of ether oxygens (including phenoxy) is 1. The van der Waals surface area contributed by atoms with Gasteiger partial charge in [-0.1, -0.05) is 35.9 Å². The molecular weight excluding hydrogens is 424 g/mol. The molecule has 0 radical (unpaired) electrons. The Balaban J connectivity index is 1.74. The first-order valence-electron chi connectivity index (χ1n) is 9.20. The molecule has 0 aliphatic heterocycles. The van der Waals surface area contributed by atoms with Gasteiger partial charge in [0.2, 0.25) is 0 Å². The highest BCUT2D eigenvalue weighted by Crippen LogP contribution is 2.26. The van der Waals surface area contributed by atoms with Crippen molar-refractivity contribution in [1.82, 2.24) is 0 Å². The molecule has 30 heavy (non-hydrogen) atoms. The Morgan fingerprint density at radius 3 is 2.37 bits per heavy atom. The second kappa shape index (κ2) is 9.19. The van der Waals surface area contributed by atoms with E-state index < -0.39 is 10.0 Å². The number of halogens is 1. The van der Waals surface area contributed by atoms with Gasteiger partial charge in [-0.25, -0.2) is 8.42 Å². The van der Waals surface area contributed by atoms with E-state index in [1.807, 2.05) is 13.8 Å². The van der Waals surface area contributed by atoms with Gasteiger partial charge in [0.25, 0.3) is 15.9 Å². The lowest BCUT2D eigenvalue weighted by Gasteiger charge is -2.13. The molecule has 0 saturated heterocycles. The SMILES string of the molecule is CC(C)Oc1cccc(NC(=O)c2ccc(NS(=O)(=O)c3ccccc3)c(Cl)c2)c1. The summed E-state index contributed by atoms with van der Waals surface area (Å²) < 4.78 is 33.0. The number of benzene rings is 3. The van der Waals surface area contributed by atoms with Gasteiger partial charge in [0.1, 0.15) is 5.75 Å². The molecule has 0 spiro atoms. The minimum atomic E-state index is -3.78. The topological polar surface area (TPSA) is 84.5 Å². The molecule has 2 N–H and O–H groups in total. The van der Waals surface area contributed by atoms with Crippen LogP contribution in [0.2, 0.25) is 5.02 Å². The molecule has 3 aromatic rings. The van der Waals surface area contributed by atoms with Gasteiger partial charge in [-0.15, -0.1) is 0 Å². The third-order valence-corrected chi connectivity index (χ3v) is 5.69. The zero-order valence-electron chi connectivity index (χ0n) is 16.4. The maximum Gasteiger partial charge on any atom is 0.261 e. The summed E-state index contributed by atoms with van der Waals surface area (Å²) in [5.74, 6) is 0.266. The summed E-state index contributed by atoms with van der Waals surface area (Å²) in [6, 6.07) is 19.4. The van der Waals surface area contributed by atoms with E-state index in [0.717, 1.165) is 0 Å². The van der Waals surface area contributed by atoms with Crippen LogP contribution in [0, 0.1) is 0 Å². The van der Waals surface area contributed by atoms with Gasteiger partial charge < -0.3 is 10.1 Å². The lowest BCUT2D eigenvalue weighted by Crippen LogP contribution is -2.15. The zero-order chi connectivity index (χ0) is 21.7. The number of anilines is 2. The monoisotopic (exact) mass is 444 g/mol. The second-order valence-corrected chi connectivity index (χ2v) is 8.85. The van der Waals surface area contributed by atoms with Crippen molar-refractivity contribution in [3.8, 4) is 5.75 Å². The largest absolute Gasteiger partial charge is 0.491 e. The van der Waals surface area contributed by atoms with E-state index in [-0.39, 0.29) is 33.2 Å². The first-order chi connectivity index (χ1) is 14.2. The molecule has 3 rings (SSSR count). The quantitative estimate of drug-likeness (QED) is 0.525. The lowest BCUT2D eigenvalue weighted by atomic mass is 10.2. The molecule has 1 amide bonds. The van der Waals surface area contributed by atoms with Gasteiger partial charge in [-0.2, -0.15) is 0 Å². The van der Waals surface area contributed by atoms with Crippen molar-refractivity contribution in [2.45, 2.75) is 24.8 Å². The summed E-state index contributed by atoms with van der Waals surface area (Å²) in [6.45, 7) is 3.83. The number of hydrogen-bond donors (Lipinski definition) is 2. The molecule has 0 unspecified atom stereocenters. The fourth-order valence-corrected chi connectivity index (χ4v) is 4.05. The van der Waals surface area contributed by atoms with E-state index >= 15 is 0 Å². The van der Waals surface area contributed by atoms with Crippen molar-refractivity contribution in [2.75, 3.05) is 10.0 Å². The minimum Gasteiger partial charge on any atom is -0.491 e. The number of sulfonamides is 1. The summed E-state index contributed by atoms with van der Waals surface area (Å²) in [6.07, 6.45) is 0.0157. The predicted molar refractivity (Wildman–Crippen MR) is 119 cm³/mol. The molecule has 8 heteroatoms. The van der Waals surface area contributed by atoms with Crippen molar-refractivity contribution in [1.29, 1.82) is 0 Å². The van der Waals surface area contributed by atoms with Crippen LogP contribution in [0.3, 0.4) is 0 Å². The van der Waals surface area contributed by atoms with Crippen LogP contribution < -0.4 is 14.8 Å². The Hall–Kier alpha value is -3.03. The second-order valence-electron chi connectivity index (χ2n) is 6.76. The molecule has 0 aliphatic rings.